The maximum Gasteiger partial charge on any atom is 0.371 e. The Balaban J connectivity index is 1.91. The summed E-state index contributed by atoms with van der Waals surface area (Å²) in [5.74, 6) is -0.670. The molecule has 0 saturated heterocycles. The van der Waals surface area contributed by atoms with E-state index in [9.17, 15) is 4.79 Å². The van der Waals surface area contributed by atoms with Crippen molar-refractivity contribution in [2.45, 2.75) is 0 Å². The van der Waals surface area contributed by atoms with Gasteiger partial charge in [-0.15, -0.1) is 5.10 Å². The highest BCUT2D eigenvalue weighted by Gasteiger charge is 2.10. The minimum Gasteiger partial charge on any atom is -0.475 e. The maximum atomic E-state index is 10.7. The van der Waals surface area contributed by atoms with Crippen molar-refractivity contribution in [2.24, 2.45) is 0 Å². The van der Waals surface area contributed by atoms with Gasteiger partial charge in [0.15, 0.2) is 0 Å². The van der Waals surface area contributed by atoms with Crippen LogP contribution in [0.1, 0.15) is 10.6 Å². The van der Waals surface area contributed by atoms with Crippen LogP contribution in [0.2, 0.25) is 0 Å². The highest BCUT2D eigenvalue weighted by molar-refractivity contribution is 5.85. The van der Waals surface area contributed by atoms with Crippen LogP contribution in [0, 0.1) is 0 Å². The first-order valence-electron chi connectivity index (χ1n) is 5.41. The van der Waals surface area contributed by atoms with E-state index in [0.717, 1.165) is 11.3 Å². The number of carboxylic acids is 1. The molecule has 0 bridgehead atoms. The van der Waals surface area contributed by atoms with Gasteiger partial charge < -0.3 is 9.52 Å². The van der Waals surface area contributed by atoms with Crippen LogP contribution in [-0.2, 0) is 0 Å². The molecule has 0 atom stereocenters. The van der Waals surface area contributed by atoms with Crippen molar-refractivity contribution < 1.29 is 14.3 Å². The van der Waals surface area contributed by atoms with E-state index in [1.54, 1.807) is 6.07 Å². The summed E-state index contributed by atoms with van der Waals surface area (Å²) in [7, 11) is 0. The number of hydrogen-bond acceptors (Lipinski definition) is 5. The number of carboxylic acid groups (broad SMARTS) is 1. The fourth-order valence-electron chi connectivity index (χ4n) is 1.67. The first-order chi connectivity index (χ1) is 9.24. The lowest BCUT2D eigenvalue weighted by Crippen LogP contribution is -1.94. The molecular weight excluding hydrogens is 248 g/mol. The van der Waals surface area contributed by atoms with E-state index in [1.807, 2.05) is 24.3 Å². The lowest BCUT2D eigenvalue weighted by atomic mass is 10.1. The van der Waals surface area contributed by atoms with Crippen LogP contribution < -0.4 is 0 Å². The molecule has 19 heavy (non-hydrogen) atoms. The van der Waals surface area contributed by atoms with Crippen LogP contribution in [0.25, 0.3) is 17.0 Å². The van der Waals surface area contributed by atoms with Crippen LogP contribution in [0.15, 0.2) is 47.1 Å². The van der Waals surface area contributed by atoms with Gasteiger partial charge in [0.05, 0.1) is 5.69 Å². The van der Waals surface area contributed by atoms with Gasteiger partial charge in [0.1, 0.15) is 12.1 Å². The van der Waals surface area contributed by atoms with Gasteiger partial charge in [0.2, 0.25) is 5.76 Å². The molecule has 0 unspecified atom stereocenters. The van der Waals surface area contributed by atoms with Gasteiger partial charge in [-0.2, -0.15) is 0 Å². The number of nitrogens with zero attached hydrogens (tertiary/aromatic N) is 4. The van der Waals surface area contributed by atoms with E-state index >= 15 is 0 Å². The zero-order valence-corrected chi connectivity index (χ0v) is 9.59. The van der Waals surface area contributed by atoms with Crippen LogP contribution in [0.5, 0.6) is 0 Å². The Hall–Kier alpha value is -2.96. The first-order valence-corrected chi connectivity index (χ1v) is 5.41. The predicted molar refractivity (Wildman–Crippen MR) is 63.8 cm³/mol. The lowest BCUT2D eigenvalue weighted by molar-refractivity contribution is 0.0663. The van der Waals surface area contributed by atoms with Crippen molar-refractivity contribution in [3.63, 3.8) is 0 Å². The summed E-state index contributed by atoms with van der Waals surface area (Å²) in [6.45, 7) is 0. The summed E-state index contributed by atoms with van der Waals surface area (Å²) in [5, 5.41) is 19.7. The third-order valence-corrected chi connectivity index (χ3v) is 2.58. The second kappa shape index (κ2) is 4.37. The van der Waals surface area contributed by atoms with Crippen molar-refractivity contribution in [3.8, 4) is 17.0 Å². The molecule has 0 aliphatic rings. The molecule has 0 aliphatic carbocycles. The number of benzene rings is 1. The molecule has 0 spiro atoms. The Kier molecular flexibility index (Phi) is 2.57. The number of aromatic nitrogens is 4. The standard InChI is InChI=1S/C12H8N4O3/c17-12(18)11-6-5-10(19-11)8-1-3-9(4-2-8)16-7-13-14-15-16/h1-7H,(H,17,18). The van der Waals surface area contributed by atoms with E-state index in [1.165, 1.54) is 17.1 Å². The fraction of sp³-hybridized carbons (Fsp3) is 0. The van der Waals surface area contributed by atoms with Crippen molar-refractivity contribution >= 4 is 5.97 Å². The number of carbonyl (C=O) groups is 1. The minimum absolute atomic E-state index is 0.0837. The van der Waals surface area contributed by atoms with Crippen molar-refractivity contribution in [2.75, 3.05) is 0 Å². The maximum absolute atomic E-state index is 10.7. The molecule has 7 nitrogen and oxygen atoms in total. The van der Waals surface area contributed by atoms with Gasteiger partial charge in [-0.25, -0.2) is 9.48 Å². The van der Waals surface area contributed by atoms with Gasteiger partial charge >= 0.3 is 5.97 Å². The molecule has 0 amide bonds. The smallest absolute Gasteiger partial charge is 0.371 e. The van der Waals surface area contributed by atoms with Crippen molar-refractivity contribution in [1.29, 1.82) is 0 Å². The van der Waals surface area contributed by atoms with E-state index < -0.39 is 5.97 Å². The number of furan rings is 1. The van der Waals surface area contributed by atoms with Crippen LogP contribution in [0.4, 0.5) is 0 Å². The number of aromatic carboxylic acids is 1. The molecule has 0 radical (unpaired) electrons. The summed E-state index contributed by atoms with van der Waals surface area (Å²) in [6, 6.07) is 10.3. The highest BCUT2D eigenvalue weighted by Crippen LogP contribution is 2.23. The lowest BCUT2D eigenvalue weighted by Gasteiger charge is -2.00. The molecule has 94 valence electrons. The summed E-state index contributed by atoms with van der Waals surface area (Å²) in [6.07, 6.45) is 1.49. The van der Waals surface area contributed by atoms with Gasteiger partial charge in [-0.1, -0.05) is 0 Å². The molecule has 0 fully saturated rings. The normalized spacial score (nSPS) is 10.5. The second-order valence-electron chi connectivity index (χ2n) is 3.77. The molecule has 2 aromatic heterocycles. The zero-order chi connectivity index (χ0) is 13.2. The largest absolute Gasteiger partial charge is 0.475 e. The fourth-order valence-corrected chi connectivity index (χ4v) is 1.67. The summed E-state index contributed by atoms with van der Waals surface area (Å²) >= 11 is 0. The Morgan fingerprint density at radius 2 is 1.95 bits per heavy atom. The van der Waals surface area contributed by atoms with Gasteiger partial charge in [0, 0.05) is 5.56 Å². The van der Waals surface area contributed by atoms with E-state index in [-0.39, 0.29) is 5.76 Å². The van der Waals surface area contributed by atoms with Crippen LogP contribution in [-0.4, -0.2) is 31.3 Å². The molecule has 3 rings (SSSR count). The van der Waals surface area contributed by atoms with Gasteiger partial charge in [-0.05, 0) is 46.8 Å². The molecule has 1 N–H and O–H groups in total. The number of tetrazole rings is 1. The van der Waals surface area contributed by atoms with Crippen LogP contribution in [0.3, 0.4) is 0 Å². The van der Waals surface area contributed by atoms with Crippen molar-refractivity contribution in [1.82, 2.24) is 20.2 Å². The molecule has 3 aromatic rings. The SMILES string of the molecule is O=C(O)c1ccc(-c2ccc(-n3cnnn3)cc2)o1. The van der Waals surface area contributed by atoms with Crippen LogP contribution >= 0.6 is 0 Å². The average Bonchev–Trinajstić information content (AvgIpc) is 3.11. The Labute approximate surface area is 107 Å². The van der Waals surface area contributed by atoms with E-state index in [2.05, 4.69) is 15.5 Å². The Bertz CT molecular complexity index is 701. The topological polar surface area (TPSA) is 94.0 Å². The minimum atomic E-state index is -1.09. The van der Waals surface area contributed by atoms with Gasteiger partial charge in [0.25, 0.3) is 0 Å². The van der Waals surface area contributed by atoms with E-state index in [0.29, 0.717) is 5.76 Å². The third kappa shape index (κ3) is 2.08. The van der Waals surface area contributed by atoms with E-state index in [4.69, 9.17) is 9.52 Å². The summed E-state index contributed by atoms with van der Waals surface area (Å²) < 4.78 is 6.74. The molecule has 0 saturated carbocycles. The Morgan fingerprint density at radius 1 is 1.16 bits per heavy atom. The Morgan fingerprint density at radius 3 is 2.53 bits per heavy atom. The highest BCUT2D eigenvalue weighted by atomic mass is 16.4. The van der Waals surface area contributed by atoms with Crippen molar-refractivity contribution in [3.05, 3.63) is 48.5 Å². The average molecular weight is 256 g/mol. The monoisotopic (exact) mass is 256 g/mol. The predicted octanol–water partition coefficient (Wildman–Crippen LogP) is 1.62. The third-order valence-electron chi connectivity index (χ3n) is 2.58. The number of rotatable bonds is 3. The molecule has 0 aliphatic heterocycles. The van der Waals surface area contributed by atoms with Gasteiger partial charge in [-0.3, -0.25) is 0 Å². The summed E-state index contributed by atoms with van der Waals surface area (Å²) in [5.41, 5.74) is 1.59. The molecule has 7 heteroatoms. The zero-order valence-electron chi connectivity index (χ0n) is 9.59. The molecule has 2 heterocycles. The second-order valence-corrected chi connectivity index (χ2v) is 3.77. The number of hydrogen-bond donors (Lipinski definition) is 1. The quantitative estimate of drug-likeness (QED) is 0.765. The molecular formula is C12H8N4O3. The summed E-state index contributed by atoms with van der Waals surface area (Å²) in [4.78, 5) is 10.7. The molecule has 1 aromatic carbocycles. The first kappa shape index (κ1) is 11.1.